The van der Waals surface area contributed by atoms with Crippen molar-refractivity contribution in [1.29, 1.82) is 0 Å². The van der Waals surface area contributed by atoms with Crippen molar-refractivity contribution in [2.75, 3.05) is 7.11 Å². The SMILES string of the molecule is CCC(C(=O)OC)C(N)c1ccc(Br)s1. The fourth-order valence-electron chi connectivity index (χ4n) is 1.42. The predicted octanol–water partition coefficient (Wildman–Crippen LogP) is 2.71. The van der Waals surface area contributed by atoms with Crippen LogP contribution >= 0.6 is 27.3 Å². The quantitative estimate of drug-likeness (QED) is 0.868. The van der Waals surface area contributed by atoms with Crippen LogP contribution in [-0.2, 0) is 9.53 Å². The number of ether oxygens (including phenoxy) is 1. The van der Waals surface area contributed by atoms with Crippen molar-refractivity contribution in [3.63, 3.8) is 0 Å². The minimum atomic E-state index is -0.279. The Balaban J connectivity index is 2.81. The average Bonchev–Trinajstić information content (AvgIpc) is 2.65. The first kappa shape index (κ1) is 12.7. The smallest absolute Gasteiger partial charge is 0.310 e. The van der Waals surface area contributed by atoms with Gasteiger partial charge < -0.3 is 10.5 Å². The molecule has 0 saturated heterocycles. The Kier molecular flexibility index (Phi) is 4.76. The summed E-state index contributed by atoms with van der Waals surface area (Å²) in [5, 5.41) is 0. The Morgan fingerprint density at radius 1 is 1.67 bits per heavy atom. The highest BCUT2D eigenvalue weighted by Crippen LogP contribution is 2.31. The molecule has 1 heterocycles. The number of rotatable bonds is 4. The van der Waals surface area contributed by atoms with E-state index in [0.717, 1.165) is 8.66 Å². The molecule has 3 nitrogen and oxygen atoms in total. The summed E-state index contributed by atoms with van der Waals surface area (Å²) in [6.45, 7) is 1.93. The molecule has 0 aliphatic heterocycles. The molecule has 1 aromatic heterocycles. The molecule has 5 heteroatoms. The van der Waals surface area contributed by atoms with Crippen molar-refractivity contribution in [3.05, 3.63) is 20.8 Å². The number of thiophene rings is 1. The highest BCUT2D eigenvalue weighted by atomic mass is 79.9. The van der Waals surface area contributed by atoms with Crippen molar-refractivity contribution in [1.82, 2.24) is 0 Å². The van der Waals surface area contributed by atoms with Gasteiger partial charge in [0.15, 0.2) is 0 Å². The van der Waals surface area contributed by atoms with E-state index >= 15 is 0 Å². The fourth-order valence-corrected chi connectivity index (χ4v) is 2.91. The number of carbonyl (C=O) groups is 1. The average molecular weight is 292 g/mol. The van der Waals surface area contributed by atoms with E-state index in [4.69, 9.17) is 10.5 Å². The maximum atomic E-state index is 11.5. The summed E-state index contributed by atoms with van der Waals surface area (Å²) < 4.78 is 5.75. The number of hydrogen-bond acceptors (Lipinski definition) is 4. The number of nitrogens with two attached hydrogens (primary N) is 1. The number of halogens is 1. The minimum Gasteiger partial charge on any atom is -0.469 e. The van der Waals surface area contributed by atoms with Crippen LogP contribution in [0.3, 0.4) is 0 Å². The molecule has 2 atom stereocenters. The second-order valence-corrected chi connectivity index (χ2v) is 5.70. The Bertz CT molecular complexity index is 340. The van der Waals surface area contributed by atoms with E-state index in [1.807, 2.05) is 19.1 Å². The van der Waals surface area contributed by atoms with E-state index in [9.17, 15) is 4.79 Å². The normalized spacial score (nSPS) is 14.7. The molecule has 1 aromatic rings. The molecular formula is C10H14BrNO2S. The number of esters is 1. The van der Waals surface area contributed by atoms with E-state index in [1.54, 1.807) is 11.3 Å². The van der Waals surface area contributed by atoms with Crippen LogP contribution < -0.4 is 5.73 Å². The maximum absolute atomic E-state index is 11.5. The van der Waals surface area contributed by atoms with Crippen molar-refractivity contribution in [2.45, 2.75) is 19.4 Å². The molecular weight excluding hydrogens is 278 g/mol. The first-order chi connectivity index (χ1) is 7.10. The van der Waals surface area contributed by atoms with Crippen LogP contribution in [0, 0.1) is 5.92 Å². The summed E-state index contributed by atoms with van der Waals surface area (Å²) in [6, 6.07) is 3.59. The van der Waals surface area contributed by atoms with Crippen LogP contribution in [0.4, 0.5) is 0 Å². The van der Waals surface area contributed by atoms with E-state index < -0.39 is 0 Å². The topological polar surface area (TPSA) is 52.3 Å². The molecule has 0 spiro atoms. The molecule has 2 unspecified atom stereocenters. The van der Waals surface area contributed by atoms with Crippen LogP contribution in [0.15, 0.2) is 15.9 Å². The lowest BCUT2D eigenvalue weighted by Crippen LogP contribution is -2.28. The molecule has 0 aliphatic carbocycles. The first-order valence-electron chi connectivity index (χ1n) is 4.68. The standard InChI is InChI=1S/C10H14BrNO2S/c1-3-6(10(13)14-2)9(12)7-4-5-8(11)15-7/h4-6,9H,3,12H2,1-2H3. The fraction of sp³-hybridized carbons (Fsp3) is 0.500. The molecule has 2 N–H and O–H groups in total. The van der Waals surface area contributed by atoms with Gasteiger partial charge in [-0.05, 0) is 34.5 Å². The summed E-state index contributed by atoms with van der Waals surface area (Å²) in [4.78, 5) is 12.5. The third kappa shape index (κ3) is 3.03. The lowest BCUT2D eigenvalue weighted by atomic mass is 9.96. The second kappa shape index (κ2) is 5.63. The van der Waals surface area contributed by atoms with Crippen LogP contribution in [0.1, 0.15) is 24.3 Å². The Labute approximate surface area is 102 Å². The molecule has 1 rings (SSSR count). The van der Waals surface area contributed by atoms with Gasteiger partial charge in [-0.3, -0.25) is 4.79 Å². The lowest BCUT2D eigenvalue weighted by molar-refractivity contribution is -0.146. The summed E-state index contributed by atoms with van der Waals surface area (Å²) in [6.07, 6.45) is 0.684. The van der Waals surface area contributed by atoms with E-state index in [-0.39, 0.29) is 17.9 Å². The van der Waals surface area contributed by atoms with Gasteiger partial charge >= 0.3 is 5.97 Å². The molecule has 0 bridgehead atoms. The summed E-state index contributed by atoms with van der Waals surface area (Å²) in [5.74, 6) is -0.505. The number of carbonyl (C=O) groups excluding carboxylic acids is 1. The molecule has 0 aromatic carbocycles. The third-order valence-corrected chi connectivity index (χ3v) is 4.02. The lowest BCUT2D eigenvalue weighted by Gasteiger charge is -2.18. The van der Waals surface area contributed by atoms with E-state index in [1.165, 1.54) is 7.11 Å². The first-order valence-corrected chi connectivity index (χ1v) is 6.29. The summed E-state index contributed by atoms with van der Waals surface area (Å²) in [5.41, 5.74) is 6.03. The highest BCUT2D eigenvalue weighted by Gasteiger charge is 2.26. The number of hydrogen-bond donors (Lipinski definition) is 1. The van der Waals surface area contributed by atoms with Gasteiger partial charge in [0.1, 0.15) is 0 Å². The molecule has 0 aliphatic rings. The van der Waals surface area contributed by atoms with Gasteiger partial charge in [-0.15, -0.1) is 11.3 Å². The largest absolute Gasteiger partial charge is 0.469 e. The van der Waals surface area contributed by atoms with Crippen LogP contribution in [0.5, 0.6) is 0 Å². The van der Waals surface area contributed by atoms with Crippen LogP contribution in [-0.4, -0.2) is 13.1 Å². The van der Waals surface area contributed by atoms with Crippen LogP contribution in [0.2, 0.25) is 0 Å². The second-order valence-electron chi connectivity index (χ2n) is 3.21. The molecule has 0 radical (unpaired) electrons. The van der Waals surface area contributed by atoms with Gasteiger partial charge in [-0.25, -0.2) is 0 Å². The Hall–Kier alpha value is -0.390. The van der Waals surface area contributed by atoms with Gasteiger partial charge in [0.25, 0.3) is 0 Å². The third-order valence-electron chi connectivity index (χ3n) is 2.30. The zero-order chi connectivity index (χ0) is 11.4. The Morgan fingerprint density at radius 2 is 2.33 bits per heavy atom. The summed E-state index contributed by atoms with van der Waals surface area (Å²) in [7, 11) is 1.39. The van der Waals surface area contributed by atoms with Crippen molar-refractivity contribution < 1.29 is 9.53 Å². The monoisotopic (exact) mass is 291 g/mol. The van der Waals surface area contributed by atoms with Gasteiger partial charge in [-0.2, -0.15) is 0 Å². The summed E-state index contributed by atoms with van der Waals surface area (Å²) >= 11 is 4.92. The van der Waals surface area contributed by atoms with E-state index in [0.29, 0.717) is 6.42 Å². The maximum Gasteiger partial charge on any atom is 0.310 e. The van der Waals surface area contributed by atoms with Crippen LogP contribution in [0.25, 0.3) is 0 Å². The van der Waals surface area contributed by atoms with Gasteiger partial charge in [0, 0.05) is 4.88 Å². The van der Waals surface area contributed by atoms with Gasteiger partial charge in [0.05, 0.1) is 22.9 Å². The molecule has 15 heavy (non-hydrogen) atoms. The zero-order valence-electron chi connectivity index (χ0n) is 8.70. The van der Waals surface area contributed by atoms with Gasteiger partial charge in [0.2, 0.25) is 0 Å². The molecule has 0 amide bonds. The highest BCUT2D eigenvalue weighted by molar-refractivity contribution is 9.11. The van der Waals surface area contributed by atoms with Crippen molar-refractivity contribution in [2.24, 2.45) is 11.7 Å². The molecule has 0 saturated carbocycles. The van der Waals surface area contributed by atoms with Crippen molar-refractivity contribution >= 4 is 33.2 Å². The Morgan fingerprint density at radius 3 is 2.73 bits per heavy atom. The van der Waals surface area contributed by atoms with Gasteiger partial charge in [-0.1, -0.05) is 6.92 Å². The zero-order valence-corrected chi connectivity index (χ0v) is 11.1. The predicted molar refractivity (Wildman–Crippen MR) is 64.7 cm³/mol. The van der Waals surface area contributed by atoms with E-state index in [2.05, 4.69) is 15.9 Å². The van der Waals surface area contributed by atoms with Crippen molar-refractivity contribution in [3.8, 4) is 0 Å². The number of methoxy groups -OCH3 is 1. The minimum absolute atomic E-state index is 0.241. The molecule has 0 fully saturated rings. The molecule has 84 valence electrons.